The first kappa shape index (κ1) is 27.6. The van der Waals surface area contributed by atoms with E-state index in [1.165, 1.54) is 12.1 Å². The predicted molar refractivity (Wildman–Crippen MR) is 129 cm³/mol. The molecule has 0 saturated carbocycles. The van der Waals surface area contributed by atoms with E-state index in [1.807, 2.05) is 5.92 Å². The number of hydrogen-bond donors (Lipinski definition) is 0. The van der Waals surface area contributed by atoms with E-state index in [0.717, 1.165) is 37.0 Å². The topological polar surface area (TPSA) is 35.0 Å². The molecule has 3 nitrogen and oxygen atoms in total. The lowest BCUT2D eigenvalue weighted by molar-refractivity contribution is -0.185. The molecule has 4 aromatic rings. The van der Waals surface area contributed by atoms with E-state index in [1.54, 1.807) is 12.4 Å². The molecule has 0 bridgehead atoms. The second kappa shape index (κ2) is 11.6. The highest BCUT2D eigenvalue weighted by molar-refractivity contribution is 5.55. The number of unbranched alkanes of at least 4 members (excludes halogenated alkanes) is 1. The van der Waals surface area contributed by atoms with Gasteiger partial charge in [0.05, 0.1) is 11.1 Å². The van der Waals surface area contributed by atoms with Crippen molar-refractivity contribution in [2.24, 2.45) is 0 Å². The average molecular weight is 544 g/mol. The van der Waals surface area contributed by atoms with Crippen LogP contribution in [-0.4, -0.2) is 9.97 Å². The van der Waals surface area contributed by atoms with E-state index in [2.05, 4.69) is 27.5 Å². The Bertz CT molecular complexity index is 1500. The molecule has 0 N–H and O–H groups in total. The zero-order valence-electron chi connectivity index (χ0n) is 20.3. The summed E-state index contributed by atoms with van der Waals surface area (Å²) in [5.41, 5.74) is -0.389. The average Bonchev–Trinajstić information content (AvgIpc) is 2.90. The van der Waals surface area contributed by atoms with Gasteiger partial charge in [0, 0.05) is 35.7 Å². The molecule has 200 valence electrons. The summed E-state index contributed by atoms with van der Waals surface area (Å²) in [6.45, 7) is 2.07. The summed E-state index contributed by atoms with van der Waals surface area (Å²) in [4.78, 5) is 8.52. The maximum absolute atomic E-state index is 14.8. The Morgan fingerprint density at radius 3 is 1.95 bits per heavy atom. The fraction of sp³-hybridized carbons (Fsp3) is 0.172. The lowest BCUT2D eigenvalue weighted by Crippen LogP contribution is -2.22. The molecule has 10 heteroatoms. The van der Waals surface area contributed by atoms with Crippen molar-refractivity contribution in [3.63, 3.8) is 0 Å². The van der Waals surface area contributed by atoms with Crippen LogP contribution in [0.1, 0.15) is 42.0 Å². The molecule has 0 saturated heterocycles. The van der Waals surface area contributed by atoms with Crippen LogP contribution >= 0.6 is 0 Å². The first-order valence-corrected chi connectivity index (χ1v) is 11.7. The van der Waals surface area contributed by atoms with Crippen LogP contribution in [0, 0.1) is 40.9 Å². The van der Waals surface area contributed by atoms with Gasteiger partial charge in [0.2, 0.25) is 0 Å². The van der Waals surface area contributed by atoms with Crippen molar-refractivity contribution in [2.75, 3.05) is 0 Å². The molecule has 0 unspecified atom stereocenters. The molecule has 3 aromatic carbocycles. The molecule has 0 aliphatic heterocycles. The smallest absolute Gasteiger partial charge is 0.426 e. The van der Waals surface area contributed by atoms with Crippen molar-refractivity contribution in [3.05, 3.63) is 112 Å². The Hall–Kier alpha value is -4.39. The van der Waals surface area contributed by atoms with Crippen molar-refractivity contribution in [1.29, 1.82) is 0 Å². The van der Waals surface area contributed by atoms with Crippen LogP contribution < -0.4 is 4.74 Å². The maximum atomic E-state index is 14.8. The van der Waals surface area contributed by atoms with Gasteiger partial charge in [0.15, 0.2) is 23.3 Å². The molecule has 1 aromatic heterocycles. The second-order valence-corrected chi connectivity index (χ2v) is 8.48. The van der Waals surface area contributed by atoms with Crippen LogP contribution in [0.5, 0.6) is 5.75 Å². The van der Waals surface area contributed by atoms with Crippen molar-refractivity contribution in [1.82, 2.24) is 9.97 Å². The molecule has 0 aliphatic carbocycles. The number of alkyl halides is 2. The molecule has 1 heterocycles. The Morgan fingerprint density at radius 1 is 0.795 bits per heavy atom. The summed E-state index contributed by atoms with van der Waals surface area (Å²) in [5, 5.41) is 0. The monoisotopic (exact) mass is 544 g/mol. The minimum absolute atomic E-state index is 0.345. The van der Waals surface area contributed by atoms with Crippen LogP contribution in [-0.2, 0) is 12.5 Å². The van der Waals surface area contributed by atoms with Crippen LogP contribution in [0.15, 0.2) is 60.9 Å². The Morgan fingerprint density at radius 2 is 1.38 bits per heavy atom. The number of aryl methyl sites for hydroxylation is 1. The van der Waals surface area contributed by atoms with Gasteiger partial charge in [-0.25, -0.2) is 31.9 Å². The Labute approximate surface area is 219 Å². The quantitative estimate of drug-likeness (QED) is 0.136. The summed E-state index contributed by atoms with van der Waals surface area (Å²) in [7, 11) is 0. The van der Waals surface area contributed by atoms with Crippen LogP contribution in [0.2, 0.25) is 0 Å². The van der Waals surface area contributed by atoms with Gasteiger partial charge in [-0.3, -0.25) is 0 Å². The van der Waals surface area contributed by atoms with Gasteiger partial charge >= 0.3 is 6.11 Å². The molecule has 0 aliphatic rings. The third-order valence-electron chi connectivity index (χ3n) is 5.58. The summed E-state index contributed by atoms with van der Waals surface area (Å²) in [6.07, 6.45) is 2.25. The van der Waals surface area contributed by atoms with Gasteiger partial charge < -0.3 is 4.74 Å². The second-order valence-electron chi connectivity index (χ2n) is 8.48. The highest BCUT2D eigenvalue weighted by atomic mass is 19.3. The molecule has 0 fully saturated rings. The predicted octanol–water partition coefficient (Wildman–Crippen LogP) is 7.71. The van der Waals surface area contributed by atoms with E-state index < -0.39 is 57.6 Å². The maximum Gasteiger partial charge on any atom is 0.426 e. The summed E-state index contributed by atoms with van der Waals surface area (Å²) in [5.74, 6) is -3.87. The van der Waals surface area contributed by atoms with Gasteiger partial charge in [-0.05, 0) is 42.7 Å². The van der Waals surface area contributed by atoms with E-state index in [9.17, 15) is 30.7 Å². The van der Waals surface area contributed by atoms with Crippen molar-refractivity contribution < 1.29 is 35.5 Å². The van der Waals surface area contributed by atoms with Crippen LogP contribution in [0.4, 0.5) is 30.7 Å². The van der Waals surface area contributed by atoms with Crippen LogP contribution in [0.25, 0.3) is 11.4 Å². The zero-order chi connectivity index (χ0) is 28.2. The van der Waals surface area contributed by atoms with Crippen LogP contribution in [0.3, 0.4) is 0 Å². The van der Waals surface area contributed by atoms with Gasteiger partial charge in [-0.2, -0.15) is 8.78 Å². The molecule has 0 radical (unpaired) electrons. The van der Waals surface area contributed by atoms with Crippen molar-refractivity contribution in [2.45, 2.75) is 32.3 Å². The number of benzene rings is 3. The molecule has 39 heavy (non-hydrogen) atoms. The first-order chi connectivity index (χ1) is 18.6. The molecule has 0 amide bonds. The first-order valence-electron chi connectivity index (χ1n) is 11.7. The molecule has 4 rings (SSSR count). The number of hydrogen-bond acceptors (Lipinski definition) is 3. The van der Waals surface area contributed by atoms with Crippen molar-refractivity contribution in [3.8, 4) is 29.0 Å². The summed E-state index contributed by atoms with van der Waals surface area (Å²) in [6, 6.07) is 6.97. The normalized spacial score (nSPS) is 11.2. The third kappa shape index (κ3) is 6.55. The van der Waals surface area contributed by atoms with Gasteiger partial charge in [-0.15, -0.1) is 0 Å². The third-order valence-corrected chi connectivity index (χ3v) is 5.58. The Balaban J connectivity index is 1.50. The van der Waals surface area contributed by atoms with Gasteiger partial charge in [-0.1, -0.05) is 37.3 Å². The highest BCUT2D eigenvalue weighted by Crippen LogP contribution is 2.34. The fourth-order valence-electron chi connectivity index (χ4n) is 3.52. The van der Waals surface area contributed by atoms with E-state index in [-0.39, 0.29) is 0 Å². The van der Waals surface area contributed by atoms with E-state index >= 15 is 0 Å². The van der Waals surface area contributed by atoms with E-state index in [0.29, 0.717) is 35.7 Å². The molecular weight excluding hydrogens is 525 g/mol. The SMILES string of the molecule is CCCCc1cnc(-c2ccc(C(F)(F)Oc3cc(F)c(C#Cc4cc(F)c(F)c(F)c4)c(F)c3)cc2)nc1. The molecular formula is C29H19F7N2O. The summed E-state index contributed by atoms with van der Waals surface area (Å²) >= 11 is 0. The number of nitrogens with zero attached hydrogens (tertiary/aromatic N) is 2. The van der Waals surface area contributed by atoms with E-state index in [4.69, 9.17) is 0 Å². The molecule has 0 spiro atoms. The fourth-order valence-corrected chi connectivity index (χ4v) is 3.52. The van der Waals surface area contributed by atoms with Gasteiger partial charge in [0.25, 0.3) is 0 Å². The number of ether oxygens (including phenoxy) is 1. The lowest BCUT2D eigenvalue weighted by Gasteiger charge is -2.19. The number of aromatic nitrogens is 2. The standard InChI is InChI=1S/C29H19F7N2O/c1-2-3-4-18-15-37-28(38-16-18)19-6-8-20(9-7-19)29(35,36)39-21-13-23(30)22(24(31)14-21)10-5-17-11-25(32)27(34)26(33)12-17/h6-9,11-16H,2-4H2,1H3. The highest BCUT2D eigenvalue weighted by Gasteiger charge is 2.35. The zero-order valence-corrected chi connectivity index (χ0v) is 20.3. The largest absolute Gasteiger partial charge is 0.429 e. The number of halogens is 7. The minimum atomic E-state index is -3.96. The minimum Gasteiger partial charge on any atom is -0.429 e. The van der Waals surface area contributed by atoms with Gasteiger partial charge in [0.1, 0.15) is 17.4 Å². The number of rotatable bonds is 7. The lowest BCUT2D eigenvalue weighted by atomic mass is 10.1. The van der Waals surface area contributed by atoms with Crippen molar-refractivity contribution >= 4 is 0 Å². The summed E-state index contributed by atoms with van der Waals surface area (Å²) < 4.78 is 103. The Kier molecular flexibility index (Phi) is 8.19. The molecule has 0 atom stereocenters.